The van der Waals surface area contributed by atoms with E-state index in [-0.39, 0.29) is 17.8 Å². The summed E-state index contributed by atoms with van der Waals surface area (Å²) in [5.74, 6) is 0.0711. The van der Waals surface area contributed by atoms with Gasteiger partial charge in [0.2, 0.25) is 0 Å². The Morgan fingerprint density at radius 1 is 1.25 bits per heavy atom. The number of rotatable bonds is 3. The van der Waals surface area contributed by atoms with Crippen molar-refractivity contribution in [2.24, 2.45) is 0 Å². The zero-order valence-corrected chi connectivity index (χ0v) is 9.66. The highest BCUT2D eigenvalue weighted by atomic mass is 32.1. The average Bonchev–Trinajstić information content (AvgIpc) is 2.68. The Hall–Kier alpha value is -1.68. The summed E-state index contributed by atoms with van der Waals surface area (Å²) < 4.78 is 1.71. The van der Waals surface area contributed by atoms with Gasteiger partial charge in [-0.1, -0.05) is 0 Å². The van der Waals surface area contributed by atoms with Crippen LogP contribution in [0.5, 0.6) is 0 Å². The second kappa shape index (κ2) is 4.45. The highest BCUT2D eigenvalue weighted by Gasteiger charge is 2.07. The van der Waals surface area contributed by atoms with Gasteiger partial charge in [-0.05, 0) is 19.1 Å². The Morgan fingerprint density at radius 3 is 2.50 bits per heavy atom. The predicted octanol–water partition coefficient (Wildman–Crippen LogP) is 2.10. The Kier molecular flexibility index (Phi) is 3.01. The summed E-state index contributed by atoms with van der Waals surface area (Å²) in [6.07, 6.45) is 3.25. The summed E-state index contributed by atoms with van der Waals surface area (Å²) >= 11 is 1.49. The minimum absolute atomic E-state index is 0.0457. The van der Waals surface area contributed by atoms with Gasteiger partial charge < -0.3 is 4.57 Å². The van der Waals surface area contributed by atoms with Crippen molar-refractivity contribution in [2.45, 2.75) is 13.5 Å². The maximum absolute atomic E-state index is 11.8. The third kappa shape index (κ3) is 2.46. The summed E-state index contributed by atoms with van der Waals surface area (Å²) in [6.45, 7) is 2.25. The lowest BCUT2D eigenvalue weighted by Crippen LogP contribution is -2.10. The third-order valence-electron chi connectivity index (χ3n) is 2.20. The number of pyridine rings is 1. The molecule has 16 heavy (non-hydrogen) atoms. The first kappa shape index (κ1) is 10.8. The molecular weight excluding hydrogens is 222 g/mol. The lowest BCUT2D eigenvalue weighted by Gasteiger charge is -2.02. The molecule has 4 heteroatoms. The molecule has 0 spiro atoms. The van der Waals surface area contributed by atoms with Crippen molar-refractivity contribution in [3.8, 4) is 0 Å². The number of hydrogen-bond donors (Lipinski definition) is 0. The van der Waals surface area contributed by atoms with E-state index < -0.39 is 0 Å². The molecule has 2 aromatic rings. The number of thiophene rings is 1. The number of hydrogen-bond acceptors (Lipinski definition) is 3. The SMILES string of the molecule is Cc1ccc(C(=O)Cn2ccc(=O)cc2)s1. The van der Waals surface area contributed by atoms with Crippen LogP contribution in [0, 0.1) is 6.92 Å². The van der Waals surface area contributed by atoms with Crippen LogP contribution in [0.1, 0.15) is 14.5 Å². The molecule has 0 bridgehead atoms. The molecule has 0 aromatic carbocycles. The Morgan fingerprint density at radius 2 is 1.94 bits per heavy atom. The van der Waals surface area contributed by atoms with Crippen LogP contribution >= 0.6 is 11.3 Å². The number of aryl methyl sites for hydroxylation is 1. The minimum atomic E-state index is -0.0457. The smallest absolute Gasteiger partial charge is 0.192 e. The van der Waals surface area contributed by atoms with Crippen molar-refractivity contribution in [3.05, 3.63) is 56.6 Å². The second-order valence-electron chi connectivity index (χ2n) is 3.54. The normalized spacial score (nSPS) is 10.3. The van der Waals surface area contributed by atoms with E-state index in [0.717, 1.165) is 9.75 Å². The van der Waals surface area contributed by atoms with E-state index in [4.69, 9.17) is 0 Å². The molecule has 0 radical (unpaired) electrons. The number of aromatic nitrogens is 1. The standard InChI is InChI=1S/C12H11NO2S/c1-9-2-3-12(16-9)11(15)8-13-6-4-10(14)5-7-13/h2-7H,8H2,1H3. The average molecular weight is 233 g/mol. The van der Waals surface area contributed by atoms with Crippen LogP contribution in [-0.2, 0) is 6.54 Å². The van der Waals surface area contributed by atoms with Gasteiger partial charge in [-0.2, -0.15) is 0 Å². The highest BCUT2D eigenvalue weighted by Crippen LogP contribution is 2.16. The van der Waals surface area contributed by atoms with Crippen molar-refractivity contribution < 1.29 is 4.79 Å². The van der Waals surface area contributed by atoms with Crippen molar-refractivity contribution in [3.63, 3.8) is 0 Å². The third-order valence-corrected chi connectivity index (χ3v) is 3.24. The van der Waals surface area contributed by atoms with E-state index >= 15 is 0 Å². The molecule has 0 saturated carbocycles. The van der Waals surface area contributed by atoms with Gasteiger partial charge in [-0.25, -0.2) is 0 Å². The molecule has 82 valence electrons. The maximum atomic E-state index is 11.8. The number of Topliss-reactive ketones (excluding diaryl/α,β-unsaturated/α-hetero) is 1. The summed E-state index contributed by atoms with van der Waals surface area (Å²) in [5.41, 5.74) is -0.0457. The van der Waals surface area contributed by atoms with E-state index in [1.54, 1.807) is 17.0 Å². The van der Waals surface area contributed by atoms with Gasteiger partial charge in [-0.3, -0.25) is 9.59 Å². The molecule has 2 aromatic heterocycles. The number of nitrogens with zero attached hydrogens (tertiary/aromatic N) is 1. The van der Waals surface area contributed by atoms with Crippen molar-refractivity contribution in [1.82, 2.24) is 4.57 Å². The number of carbonyl (C=O) groups excluding carboxylic acids is 1. The molecule has 0 unspecified atom stereocenters. The first-order chi connectivity index (χ1) is 7.65. The Bertz CT molecular complexity index is 548. The number of carbonyl (C=O) groups is 1. The largest absolute Gasteiger partial charge is 0.346 e. The first-order valence-electron chi connectivity index (χ1n) is 4.91. The molecule has 0 amide bonds. The van der Waals surface area contributed by atoms with Gasteiger partial charge in [0.15, 0.2) is 11.2 Å². The zero-order valence-electron chi connectivity index (χ0n) is 8.84. The topological polar surface area (TPSA) is 39.1 Å². The fourth-order valence-corrected chi connectivity index (χ4v) is 2.17. The molecular formula is C12H11NO2S. The summed E-state index contributed by atoms with van der Waals surface area (Å²) in [7, 11) is 0. The quantitative estimate of drug-likeness (QED) is 0.761. The minimum Gasteiger partial charge on any atom is -0.346 e. The molecule has 0 N–H and O–H groups in total. The fraction of sp³-hybridized carbons (Fsp3) is 0.167. The molecule has 2 heterocycles. The van der Waals surface area contributed by atoms with Crippen molar-refractivity contribution in [1.29, 1.82) is 0 Å². The molecule has 2 rings (SSSR count). The Labute approximate surface area is 97.0 Å². The zero-order chi connectivity index (χ0) is 11.5. The van der Waals surface area contributed by atoms with Crippen LogP contribution in [0.3, 0.4) is 0 Å². The molecule has 0 aliphatic carbocycles. The molecule has 0 aliphatic heterocycles. The molecule has 0 aliphatic rings. The van der Waals surface area contributed by atoms with Crippen LogP contribution in [0.4, 0.5) is 0 Å². The predicted molar refractivity (Wildman–Crippen MR) is 64.1 cm³/mol. The number of ketones is 1. The van der Waals surface area contributed by atoms with Crippen LogP contribution in [-0.4, -0.2) is 10.4 Å². The lowest BCUT2D eigenvalue weighted by atomic mass is 10.3. The first-order valence-corrected chi connectivity index (χ1v) is 5.72. The van der Waals surface area contributed by atoms with Crippen molar-refractivity contribution >= 4 is 17.1 Å². The van der Waals surface area contributed by atoms with Gasteiger partial charge in [0, 0.05) is 29.4 Å². The second-order valence-corrected chi connectivity index (χ2v) is 4.83. The van der Waals surface area contributed by atoms with Crippen LogP contribution in [0.25, 0.3) is 0 Å². The van der Waals surface area contributed by atoms with Crippen molar-refractivity contribution in [2.75, 3.05) is 0 Å². The van der Waals surface area contributed by atoms with Gasteiger partial charge >= 0.3 is 0 Å². The van der Waals surface area contributed by atoms with Crippen LogP contribution in [0.2, 0.25) is 0 Å². The van der Waals surface area contributed by atoms with E-state index in [1.807, 2.05) is 19.1 Å². The van der Waals surface area contributed by atoms with Gasteiger partial charge in [0.05, 0.1) is 11.4 Å². The van der Waals surface area contributed by atoms with E-state index in [2.05, 4.69) is 0 Å². The molecule has 0 saturated heterocycles. The van der Waals surface area contributed by atoms with Gasteiger partial charge in [0.1, 0.15) is 0 Å². The van der Waals surface area contributed by atoms with Crippen LogP contribution < -0.4 is 5.43 Å². The molecule has 0 atom stereocenters. The van der Waals surface area contributed by atoms with E-state index in [1.165, 1.54) is 23.5 Å². The Balaban J connectivity index is 2.13. The molecule has 3 nitrogen and oxygen atoms in total. The van der Waals surface area contributed by atoms with E-state index in [0.29, 0.717) is 0 Å². The summed E-state index contributed by atoms with van der Waals surface area (Å²) in [5, 5.41) is 0. The van der Waals surface area contributed by atoms with Crippen LogP contribution in [0.15, 0.2) is 41.5 Å². The van der Waals surface area contributed by atoms with E-state index in [9.17, 15) is 9.59 Å². The maximum Gasteiger partial charge on any atom is 0.192 e. The molecule has 0 fully saturated rings. The fourth-order valence-electron chi connectivity index (χ4n) is 1.38. The monoisotopic (exact) mass is 233 g/mol. The van der Waals surface area contributed by atoms with Gasteiger partial charge in [0.25, 0.3) is 0 Å². The van der Waals surface area contributed by atoms with Gasteiger partial charge in [-0.15, -0.1) is 11.3 Å². The summed E-state index contributed by atoms with van der Waals surface area (Å²) in [6, 6.07) is 6.67. The summed E-state index contributed by atoms with van der Waals surface area (Å²) in [4.78, 5) is 24.6. The lowest BCUT2D eigenvalue weighted by molar-refractivity contribution is 0.0976. The highest BCUT2D eigenvalue weighted by molar-refractivity contribution is 7.14.